The molecule has 0 rings (SSSR count). The predicted molar refractivity (Wildman–Crippen MR) is 3.43 cm³/mol. The maximum Gasteiger partial charge on any atom is 3.00 e. The van der Waals surface area contributed by atoms with Gasteiger partial charge < -0.3 is 27.4 Å². The Morgan fingerprint density at radius 2 is 0.333 bits per heavy atom. The average molecular weight is 486 g/mol. The Morgan fingerprint density at radius 1 is 0.333 bits per heavy atom. The fourth-order valence-corrected chi connectivity index (χ4v) is 0. The third-order valence-electron chi connectivity index (χ3n) is 0. The van der Waals surface area contributed by atoms with Gasteiger partial charge in [-0.3, -0.25) is 0 Å². The zero-order chi connectivity index (χ0) is 0. The van der Waals surface area contributed by atoms with E-state index in [-0.39, 0.29) is 142 Å². The molecule has 2 radical (unpaired) electrons. The second kappa shape index (κ2) is 104. The normalized spacial score (nSPS) is 0. The van der Waals surface area contributed by atoms with Gasteiger partial charge in [-0.25, -0.2) is 0 Å². The molecule has 0 saturated heterocycles. The Morgan fingerprint density at radius 3 is 0.333 bits per heavy atom. The third-order valence-corrected chi connectivity index (χ3v) is 0. The molecule has 0 aromatic carbocycles. The van der Waals surface area contributed by atoms with Gasteiger partial charge in [-0.1, -0.05) is 0 Å². The van der Waals surface area contributed by atoms with E-state index >= 15 is 0 Å². The molecule has 0 aliphatic rings. The second-order valence-electron chi connectivity index (χ2n) is 0. The fraction of sp³-hybridized carbons (Fsp3) is 0. The van der Waals surface area contributed by atoms with Crippen LogP contribution in [-0.4, -0.2) is 0 Å². The van der Waals surface area contributed by atoms with Gasteiger partial charge in [-0.05, 0) is 0 Å². The molecule has 0 spiro atoms. The summed E-state index contributed by atoms with van der Waals surface area (Å²) in [6.45, 7) is 0. The topological polar surface area (TPSA) is 142 Å². The monoisotopic (exact) mass is 480 g/mol. The van der Waals surface area contributed by atoms with Crippen molar-refractivity contribution in [3.05, 3.63) is 0 Å². The zero-order valence-corrected chi connectivity index (χ0v) is 12.1. The van der Waals surface area contributed by atoms with Crippen molar-refractivity contribution in [2.45, 2.75) is 0 Å². The smallest absolute Gasteiger partial charge is 2.00 e. The summed E-state index contributed by atoms with van der Waals surface area (Å²) in [5.41, 5.74) is 0. The van der Waals surface area contributed by atoms with Crippen LogP contribution in [0.4, 0.5) is 0 Å². The standard InChI is InChI=1S/2Nd.2Ni.5O/q2*+3;2*+2;5*-2. The van der Waals surface area contributed by atoms with Gasteiger partial charge in [0.1, 0.15) is 0 Å². The fourth-order valence-electron chi connectivity index (χ4n) is 0. The number of hydrogen-bond donors (Lipinski definition) is 0. The molecule has 0 atom stereocenters. The Bertz CT molecular complexity index is 12.9. The van der Waals surface area contributed by atoms with Crippen molar-refractivity contribution >= 4 is 0 Å². The van der Waals surface area contributed by atoms with E-state index in [1.807, 2.05) is 0 Å². The van der Waals surface area contributed by atoms with Gasteiger partial charge in [-0.15, -0.1) is 0 Å². The van der Waals surface area contributed by atoms with Gasteiger partial charge in [0.2, 0.25) is 0 Å². The van der Waals surface area contributed by atoms with Crippen LogP contribution in [0.15, 0.2) is 0 Å². The summed E-state index contributed by atoms with van der Waals surface area (Å²) in [7, 11) is 0. The molecule has 0 aromatic rings. The summed E-state index contributed by atoms with van der Waals surface area (Å²) in [6.07, 6.45) is 0. The minimum absolute atomic E-state index is 0. The molecule has 0 aliphatic heterocycles. The van der Waals surface area contributed by atoms with Gasteiger partial charge in [-0.2, -0.15) is 0 Å². The first-order chi connectivity index (χ1) is 0. The molecular weight excluding hydrogens is 486 g/mol. The molecule has 0 unspecified atom stereocenters. The molecule has 0 aromatic heterocycles. The van der Waals surface area contributed by atoms with E-state index in [4.69, 9.17) is 0 Å². The van der Waals surface area contributed by atoms with E-state index in [2.05, 4.69) is 0 Å². The molecule has 9 heteroatoms. The molecule has 5 nitrogen and oxygen atoms in total. The van der Waals surface area contributed by atoms with Crippen molar-refractivity contribution in [3.63, 3.8) is 0 Å². The van der Waals surface area contributed by atoms with Crippen LogP contribution in [0, 0.1) is 81.7 Å². The van der Waals surface area contributed by atoms with Crippen molar-refractivity contribution in [2.24, 2.45) is 0 Å². The minimum Gasteiger partial charge on any atom is -2.00 e. The van der Waals surface area contributed by atoms with Crippen LogP contribution in [0.5, 0.6) is 0 Å². The largest absolute Gasteiger partial charge is 3.00 e. The third kappa shape index (κ3) is 85.0. The van der Waals surface area contributed by atoms with E-state index in [0.717, 1.165) is 0 Å². The Balaban J connectivity index is 0. The summed E-state index contributed by atoms with van der Waals surface area (Å²) < 4.78 is 0. The predicted octanol–water partition coefficient (Wildman–Crippen LogP) is -0.599. The summed E-state index contributed by atoms with van der Waals surface area (Å²) in [5, 5.41) is 0. The molecule has 0 heterocycles. The Hall–Kier alpha value is 3.49. The van der Waals surface area contributed by atoms with Crippen LogP contribution in [0.3, 0.4) is 0 Å². The average Bonchev–Trinajstić information content (AvgIpc) is 0. The first-order valence-electron chi connectivity index (χ1n) is 0. The summed E-state index contributed by atoms with van der Waals surface area (Å²) in [5.74, 6) is 0. The Kier molecular flexibility index (Phi) is 1560. The summed E-state index contributed by atoms with van der Waals surface area (Å²) in [6, 6.07) is 0. The maximum atomic E-state index is 0. The van der Waals surface area contributed by atoms with Crippen molar-refractivity contribution in [2.75, 3.05) is 0 Å². The molecule has 0 bridgehead atoms. The molecule has 0 aliphatic carbocycles. The van der Waals surface area contributed by atoms with E-state index < -0.39 is 0 Å². The van der Waals surface area contributed by atoms with Gasteiger partial charge in [0.05, 0.1) is 0 Å². The van der Waals surface area contributed by atoms with Gasteiger partial charge in [0.15, 0.2) is 0 Å². The van der Waals surface area contributed by atoms with E-state index in [1.54, 1.807) is 0 Å². The Labute approximate surface area is 139 Å². The number of hydrogen-bond acceptors (Lipinski definition) is 0. The molecular formula is Nd2Ni2O5. The maximum absolute atomic E-state index is 0. The van der Waals surface area contributed by atoms with Crippen LogP contribution < -0.4 is 0 Å². The molecule has 0 fully saturated rings. The van der Waals surface area contributed by atoms with Crippen molar-refractivity contribution in [1.29, 1.82) is 0 Å². The summed E-state index contributed by atoms with van der Waals surface area (Å²) in [4.78, 5) is 0. The van der Waals surface area contributed by atoms with E-state index in [1.165, 1.54) is 0 Å². The van der Waals surface area contributed by atoms with Crippen molar-refractivity contribution < 1.29 is 142 Å². The van der Waals surface area contributed by atoms with Crippen LogP contribution in [0.1, 0.15) is 0 Å². The van der Waals surface area contributed by atoms with Crippen LogP contribution in [0.25, 0.3) is 0 Å². The second-order valence-corrected chi connectivity index (χ2v) is 0. The molecule has 9 heavy (non-hydrogen) atoms. The minimum atomic E-state index is 0. The van der Waals surface area contributed by atoms with E-state index in [0.29, 0.717) is 0 Å². The zero-order valence-electron chi connectivity index (χ0n) is 3.67. The first kappa shape index (κ1) is 135. The van der Waals surface area contributed by atoms with E-state index in [9.17, 15) is 0 Å². The molecule has 0 amide bonds. The number of rotatable bonds is 0. The quantitative estimate of drug-likeness (QED) is 0.404. The van der Waals surface area contributed by atoms with Crippen molar-refractivity contribution in [1.82, 2.24) is 0 Å². The van der Waals surface area contributed by atoms with Gasteiger partial charge in [0.25, 0.3) is 0 Å². The van der Waals surface area contributed by atoms with Gasteiger partial charge in [0, 0.05) is 0 Å². The van der Waals surface area contributed by atoms with Crippen LogP contribution in [-0.2, 0) is 60.4 Å². The molecule has 58 valence electrons. The molecule has 0 N–H and O–H groups in total. The summed E-state index contributed by atoms with van der Waals surface area (Å²) >= 11 is 0. The molecule has 0 saturated carbocycles. The van der Waals surface area contributed by atoms with Crippen LogP contribution >= 0.6 is 0 Å². The van der Waals surface area contributed by atoms with Crippen molar-refractivity contribution in [3.8, 4) is 0 Å². The van der Waals surface area contributed by atoms with Gasteiger partial charge >= 0.3 is 115 Å². The first-order valence-corrected chi connectivity index (χ1v) is 0. The SMILES string of the molecule is [Nd+3].[Nd+3].[Ni+2].[Ni+2].[O-2].[O-2].[O-2].[O-2].[O-2]. The van der Waals surface area contributed by atoms with Crippen LogP contribution in [0.2, 0.25) is 0 Å².